The molecule has 0 saturated carbocycles. The fourth-order valence-corrected chi connectivity index (χ4v) is 1.93. The van der Waals surface area contributed by atoms with Gasteiger partial charge in [-0.3, -0.25) is 10.3 Å². The molecule has 0 atom stereocenters. The molecule has 2 rings (SSSR count). The maximum atomic E-state index is 10.8. The van der Waals surface area contributed by atoms with E-state index in [-0.39, 0.29) is 6.61 Å². The van der Waals surface area contributed by atoms with Crippen molar-refractivity contribution >= 4 is 17.5 Å². The van der Waals surface area contributed by atoms with Gasteiger partial charge in [0.2, 0.25) is 0 Å². The van der Waals surface area contributed by atoms with Crippen molar-refractivity contribution in [3.8, 4) is 11.1 Å². The highest BCUT2D eigenvalue weighted by molar-refractivity contribution is 5.89. The number of benzene rings is 1. The molecule has 0 aliphatic carbocycles. The fraction of sp³-hybridized carbons (Fsp3) is 0.200. The van der Waals surface area contributed by atoms with Gasteiger partial charge in [-0.25, -0.2) is 4.79 Å². The van der Waals surface area contributed by atoms with Crippen LogP contribution < -0.4 is 10.6 Å². The quantitative estimate of drug-likeness (QED) is 0.613. The zero-order valence-electron chi connectivity index (χ0n) is 11.4. The number of nitrogens with zero attached hydrogens (tertiary/aromatic N) is 1. The summed E-state index contributed by atoms with van der Waals surface area (Å²) in [6, 6.07) is 9.18. The maximum absolute atomic E-state index is 10.8. The number of hydrogen-bond acceptors (Lipinski definition) is 4. The first-order valence-corrected chi connectivity index (χ1v) is 6.60. The minimum absolute atomic E-state index is 0.0803. The summed E-state index contributed by atoms with van der Waals surface area (Å²) >= 11 is 0. The van der Waals surface area contributed by atoms with Crippen LogP contribution in [-0.4, -0.2) is 34.4 Å². The molecule has 1 amide bonds. The Labute approximate surface area is 122 Å². The fourth-order valence-electron chi connectivity index (χ4n) is 1.93. The molecule has 0 saturated heterocycles. The number of pyridine rings is 1. The number of amides is 1. The highest BCUT2D eigenvalue weighted by atomic mass is 16.4. The van der Waals surface area contributed by atoms with E-state index in [1.807, 2.05) is 24.3 Å². The first kappa shape index (κ1) is 14.8. The molecular weight excluding hydrogens is 270 g/mol. The molecule has 6 nitrogen and oxygen atoms in total. The monoisotopic (exact) mass is 287 g/mol. The van der Waals surface area contributed by atoms with Crippen LogP contribution in [0.1, 0.15) is 6.42 Å². The smallest absolute Gasteiger partial charge is 0.409 e. The molecule has 21 heavy (non-hydrogen) atoms. The molecule has 1 aromatic carbocycles. The van der Waals surface area contributed by atoms with Crippen molar-refractivity contribution < 1.29 is 15.0 Å². The number of aliphatic hydroxyl groups is 1. The number of rotatable bonds is 6. The Kier molecular flexibility index (Phi) is 5.11. The molecule has 2 aromatic rings. The lowest BCUT2D eigenvalue weighted by atomic mass is 10.1. The highest BCUT2D eigenvalue weighted by Gasteiger charge is 2.07. The van der Waals surface area contributed by atoms with E-state index in [1.54, 1.807) is 18.5 Å². The molecule has 0 aliphatic heterocycles. The van der Waals surface area contributed by atoms with Crippen LogP contribution in [0.5, 0.6) is 0 Å². The lowest BCUT2D eigenvalue weighted by molar-refractivity contribution is 0.210. The number of anilines is 2. The molecule has 1 aromatic heterocycles. The maximum Gasteiger partial charge on any atom is 0.409 e. The van der Waals surface area contributed by atoms with E-state index >= 15 is 0 Å². The average Bonchev–Trinajstić information content (AvgIpc) is 2.49. The van der Waals surface area contributed by atoms with E-state index in [4.69, 9.17) is 10.2 Å². The Balaban J connectivity index is 2.29. The summed E-state index contributed by atoms with van der Waals surface area (Å²) in [4.78, 5) is 14.9. The molecule has 0 spiro atoms. The van der Waals surface area contributed by atoms with Gasteiger partial charge in [0.05, 0.1) is 11.4 Å². The van der Waals surface area contributed by atoms with Crippen molar-refractivity contribution in [3.63, 3.8) is 0 Å². The minimum Gasteiger partial charge on any atom is -0.465 e. The third-order valence-corrected chi connectivity index (χ3v) is 2.91. The second-order valence-corrected chi connectivity index (χ2v) is 4.44. The summed E-state index contributed by atoms with van der Waals surface area (Å²) in [7, 11) is 0. The number of aromatic nitrogens is 1. The van der Waals surface area contributed by atoms with Crippen LogP contribution in [0.2, 0.25) is 0 Å². The number of carboxylic acid groups (broad SMARTS) is 1. The molecule has 4 N–H and O–H groups in total. The SMILES string of the molecule is O=C(O)Nc1ccc(-c2cccnc2)cc1NCCCO. The Bertz CT molecular complexity index is 602. The molecule has 0 fully saturated rings. The third-order valence-electron chi connectivity index (χ3n) is 2.91. The van der Waals surface area contributed by atoms with Crippen LogP contribution in [-0.2, 0) is 0 Å². The van der Waals surface area contributed by atoms with E-state index in [2.05, 4.69) is 15.6 Å². The van der Waals surface area contributed by atoms with Crippen molar-refractivity contribution in [1.29, 1.82) is 0 Å². The van der Waals surface area contributed by atoms with Crippen molar-refractivity contribution in [1.82, 2.24) is 4.98 Å². The molecule has 0 aliphatic rings. The second kappa shape index (κ2) is 7.25. The minimum atomic E-state index is -1.12. The average molecular weight is 287 g/mol. The predicted octanol–water partition coefficient (Wildman–Crippen LogP) is 2.63. The highest BCUT2D eigenvalue weighted by Crippen LogP contribution is 2.28. The summed E-state index contributed by atoms with van der Waals surface area (Å²) in [6.07, 6.45) is 2.92. The summed E-state index contributed by atoms with van der Waals surface area (Å²) in [5.74, 6) is 0. The van der Waals surface area contributed by atoms with Gasteiger partial charge >= 0.3 is 6.09 Å². The van der Waals surface area contributed by atoms with E-state index in [9.17, 15) is 4.79 Å². The standard InChI is InChI=1S/C15H17N3O3/c19-8-2-7-17-14-9-11(12-3-1-6-16-10-12)4-5-13(14)18-15(20)21/h1,3-6,9-10,17-19H,2,7-8H2,(H,20,21). The Morgan fingerprint density at radius 3 is 2.71 bits per heavy atom. The van der Waals surface area contributed by atoms with Gasteiger partial charge in [-0.1, -0.05) is 12.1 Å². The van der Waals surface area contributed by atoms with Crippen LogP contribution in [0.4, 0.5) is 16.2 Å². The Morgan fingerprint density at radius 2 is 2.05 bits per heavy atom. The largest absolute Gasteiger partial charge is 0.465 e. The normalized spacial score (nSPS) is 10.1. The first-order chi connectivity index (χ1) is 10.2. The van der Waals surface area contributed by atoms with Crippen molar-refractivity contribution in [2.45, 2.75) is 6.42 Å². The van der Waals surface area contributed by atoms with Crippen LogP contribution in [0.3, 0.4) is 0 Å². The van der Waals surface area contributed by atoms with Gasteiger partial charge in [0.25, 0.3) is 0 Å². The Morgan fingerprint density at radius 1 is 1.19 bits per heavy atom. The second-order valence-electron chi connectivity index (χ2n) is 4.44. The van der Waals surface area contributed by atoms with Gasteiger partial charge in [-0.05, 0) is 30.2 Å². The zero-order valence-corrected chi connectivity index (χ0v) is 11.4. The van der Waals surface area contributed by atoms with Crippen LogP contribution in [0, 0.1) is 0 Å². The molecule has 6 heteroatoms. The third kappa shape index (κ3) is 4.19. The van der Waals surface area contributed by atoms with Gasteiger partial charge in [0.1, 0.15) is 0 Å². The van der Waals surface area contributed by atoms with E-state index in [1.165, 1.54) is 0 Å². The van der Waals surface area contributed by atoms with Gasteiger partial charge in [-0.15, -0.1) is 0 Å². The molecule has 0 unspecified atom stereocenters. The molecule has 1 heterocycles. The van der Waals surface area contributed by atoms with E-state index in [0.29, 0.717) is 24.3 Å². The number of hydrogen-bond donors (Lipinski definition) is 4. The summed E-state index contributed by atoms with van der Waals surface area (Å²) in [5.41, 5.74) is 3.04. The zero-order chi connectivity index (χ0) is 15.1. The van der Waals surface area contributed by atoms with Gasteiger partial charge < -0.3 is 15.5 Å². The Hall–Kier alpha value is -2.60. The van der Waals surface area contributed by atoms with E-state index in [0.717, 1.165) is 11.1 Å². The number of aliphatic hydroxyl groups excluding tert-OH is 1. The van der Waals surface area contributed by atoms with Crippen LogP contribution in [0.15, 0.2) is 42.7 Å². The topological polar surface area (TPSA) is 94.5 Å². The first-order valence-electron chi connectivity index (χ1n) is 6.60. The number of nitrogens with one attached hydrogen (secondary N) is 2. The van der Waals surface area contributed by atoms with Gasteiger partial charge in [-0.2, -0.15) is 0 Å². The van der Waals surface area contributed by atoms with Crippen molar-refractivity contribution in [2.24, 2.45) is 0 Å². The van der Waals surface area contributed by atoms with Gasteiger partial charge in [0.15, 0.2) is 0 Å². The predicted molar refractivity (Wildman–Crippen MR) is 81.5 cm³/mol. The summed E-state index contributed by atoms with van der Waals surface area (Å²) in [5, 5.41) is 23.2. The van der Waals surface area contributed by atoms with E-state index < -0.39 is 6.09 Å². The molecule has 0 radical (unpaired) electrons. The van der Waals surface area contributed by atoms with Gasteiger partial charge in [0, 0.05) is 31.1 Å². The number of carbonyl (C=O) groups is 1. The lowest BCUT2D eigenvalue weighted by Crippen LogP contribution is -2.11. The van der Waals surface area contributed by atoms with Crippen LogP contribution >= 0.6 is 0 Å². The van der Waals surface area contributed by atoms with Crippen molar-refractivity contribution in [3.05, 3.63) is 42.7 Å². The molecule has 0 bridgehead atoms. The summed E-state index contributed by atoms with van der Waals surface area (Å²) in [6.45, 7) is 0.637. The molecule has 110 valence electrons. The molecular formula is C15H17N3O3. The van der Waals surface area contributed by atoms with Crippen LogP contribution in [0.25, 0.3) is 11.1 Å². The lowest BCUT2D eigenvalue weighted by Gasteiger charge is -2.13. The summed E-state index contributed by atoms with van der Waals surface area (Å²) < 4.78 is 0. The van der Waals surface area contributed by atoms with Crippen molar-refractivity contribution in [2.75, 3.05) is 23.8 Å².